The van der Waals surface area contributed by atoms with Crippen molar-refractivity contribution in [1.82, 2.24) is 19.5 Å². The molecule has 29 heavy (non-hydrogen) atoms. The van der Waals surface area contributed by atoms with Crippen LogP contribution in [0, 0.1) is 6.92 Å². The van der Waals surface area contributed by atoms with Gasteiger partial charge in [-0.2, -0.15) is 4.98 Å². The van der Waals surface area contributed by atoms with Gasteiger partial charge in [0.2, 0.25) is 5.28 Å². The van der Waals surface area contributed by atoms with Crippen molar-refractivity contribution in [1.29, 1.82) is 0 Å². The summed E-state index contributed by atoms with van der Waals surface area (Å²) in [6, 6.07) is 0. The number of halogens is 1. The molecule has 0 aromatic carbocycles. The Kier molecular flexibility index (Phi) is 5.99. The van der Waals surface area contributed by atoms with Gasteiger partial charge in [-0.1, -0.05) is 0 Å². The molecule has 3 rings (SSSR count). The van der Waals surface area contributed by atoms with E-state index in [0.29, 0.717) is 16.9 Å². The minimum absolute atomic E-state index is 0.00628. The molecule has 2 aromatic rings. The van der Waals surface area contributed by atoms with Gasteiger partial charge in [0.05, 0.1) is 12.0 Å². The van der Waals surface area contributed by atoms with Crippen LogP contribution in [0.2, 0.25) is 5.28 Å². The fraction of sp³-hybridized carbons (Fsp3) is 0.529. The van der Waals surface area contributed by atoms with Gasteiger partial charge < -0.3 is 18.9 Å². The zero-order valence-corrected chi connectivity index (χ0v) is 16.9. The second-order valence-corrected chi connectivity index (χ2v) is 6.76. The normalized spacial score (nSPS) is 23.8. The third-order valence-corrected chi connectivity index (χ3v) is 4.35. The average molecular weight is 427 g/mol. The van der Waals surface area contributed by atoms with Gasteiger partial charge in [0.1, 0.15) is 18.2 Å². The highest BCUT2D eigenvalue weighted by molar-refractivity contribution is 6.28. The Labute approximate surface area is 170 Å². The van der Waals surface area contributed by atoms with Crippen LogP contribution in [0.3, 0.4) is 0 Å². The number of aryl methyl sites for hydroxylation is 1. The first-order chi connectivity index (χ1) is 13.7. The fourth-order valence-corrected chi connectivity index (χ4v) is 3.33. The van der Waals surface area contributed by atoms with Crippen molar-refractivity contribution < 1.29 is 33.3 Å². The lowest BCUT2D eigenvalue weighted by molar-refractivity contribution is -0.166. The maximum atomic E-state index is 11.7. The number of fused-ring (bicyclic) bond motifs is 1. The first-order valence-corrected chi connectivity index (χ1v) is 9.05. The maximum absolute atomic E-state index is 11.7. The van der Waals surface area contributed by atoms with Crippen molar-refractivity contribution in [3.63, 3.8) is 0 Å². The molecule has 4 atom stereocenters. The van der Waals surface area contributed by atoms with Crippen LogP contribution in [0.5, 0.6) is 0 Å². The van der Waals surface area contributed by atoms with E-state index in [1.807, 2.05) is 0 Å². The van der Waals surface area contributed by atoms with E-state index in [1.165, 1.54) is 31.7 Å². The largest absolute Gasteiger partial charge is 0.463 e. The van der Waals surface area contributed by atoms with Gasteiger partial charge in [0.25, 0.3) is 0 Å². The minimum atomic E-state index is -1.04. The summed E-state index contributed by atoms with van der Waals surface area (Å²) in [4.78, 5) is 47.1. The Morgan fingerprint density at radius 1 is 1.10 bits per heavy atom. The number of carbonyl (C=O) groups is 3. The first kappa shape index (κ1) is 20.9. The van der Waals surface area contributed by atoms with Gasteiger partial charge in [0, 0.05) is 20.8 Å². The van der Waals surface area contributed by atoms with Gasteiger partial charge in [0.15, 0.2) is 24.1 Å². The van der Waals surface area contributed by atoms with Crippen LogP contribution in [0.25, 0.3) is 11.2 Å². The first-order valence-electron chi connectivity index (χ1n) is 8.67. The number of nitrogens with zero attached hydrogens (tertiary/aromatic N) is 4. The van der Waals surface area contributed by atoms with Gasteiger partial charge in [-0.05, 0) is 18.5 Å². The van der Waals surface area contributed by atoms with Crippen LogP contribution in [0.4, 0.5) is 0 Å². The van der Waals surface area contributed by atoms with E-state index in [2.05, 4.69) is 15.0 Å². The molecule has 0 N–H and O–H groups in total. The zero-order chi connectivity index (χ0) is 21.3. The highest BCUT2D eigenvalue weighted by Gasteiger charge is 2.51. The Hall–Kier alpha value is -2.79. The van der Waals surface area contributed by atoms with Crippen LogP contribution in [-0.2, 0) is 33.3 Å². The quantitative estimate of drug-likeness (QED) is 0.389. The second kappa shape index (κ2) is 8.29. The third-order valence-electron chi connectivity index (χ3n) is 4.18. The summed E-state index contributed by atoms with van der Waals surface area (Å²) in [5.41, 5.74) is 1.38. The molecule has 1 aliphatic rings. The van der Waals surface area contributed by atoms with E-state index in [4.69, 9.17) is 30.5 Å². The molecule has 0 bridgehead atoms. The van der Waals surface area contributed by atoms with Gasteiger partial charge in [-0.25, -0.2) is 9.97 Å². The van der Waals surface area contributed by atoms with E-state index in [9.17, 15) is 14.4 Å². The molecule has 0 unspecified atom stereocenters. The molecule has 1 saturated heterocycles. The van der Waals surface area contributed by atoms with E-state index >= 15 is 0 Å². The number of imidazole rings is 1. The van der Waals surface area contributed by atoms with Crippen molar-refractivity contribution in [3.05, 3.63) is 17.3 Å². The van der Waals surface area contributed by atoms with Crippen LogP contribution in [-0.4, -0.2) is 62.3 Å². The van der Waals surface area contributed by atoms with Crippen LogP contribution in [0.15, 0.2) is 6.33 Å². The molecule has 0 radical (unpaired) electrons. The summed E-state index contributed by atoms with van der Waals surface area (Å²) in [7, 11) is 0. The summed E-state index contributed by atoms with van der Waals surface area (Å²) in [5, 5.41) is 0.00628. The van der Waals surface area contributed by atoms with E-state index in [1.54, 1.807) is 6.92 Å². The molecule has 0 amide bonds. The summed E-state index contributed by atoms with van der Waals surface area (Å²) >= 11 is 5.97. The Bertz CT molecular complexity index is 963. The van der Waals surface area contributed by atoms with Crippen molar-refractivity contribution in [2.24, 2.45) is 0 Å². The predicted octanol–water partition coefficient (Wildman–Crippen LogP) is 1.11. The SMILES string of the molecule is CC(=O)OC[C@H]1O[C@@H](n2cnc3c(C)nc(Cl)nc32)[C@H](OC(C)=O)[C@@H]1OC(C)=O. The lowest BCUT2D eigenvalue weighted by Gasteiger charge is -2.23. The van der Waals surface area contributed by atoms with Crippen molar-refractivity contribution >= 4 is 40.7 Å². The topological polar surface area (TPSA) is 132 Å². The van der Waals surface area contributed by atoms with Gasteiger partial charge in [-0.3, -0.25) is 19.0 Å². The molecule has 3 heterocycles. The lowest BCUT2D eigenvalue weighted by atomic mass is 10.1. The predicted molar refractivity (Wildman–Crippen MR) is 96.7 cm³/mol. The average Bonchev–Trinajstić information content (AvgIpc) is 3.15. The molecular weight excluding hydrogens is 408 g/mol. The standard InChI is InChI=1S/C17H19ClN4O7/c1-7-12-15(21-17(18)20-7)22(6-19-12)16-14(28-10(4)25)13(27-9(3)24)11(29-16)5-26-8(2)23/h6,11,13-14,16H,5H2,1-4H3/t11-,13-,14-,16-/m1/s1. The molecule has 12 heteroatoms. The summed E-state index contributed by atoms with van der Waals surface area (Å²) in [6.45, 7) is 5.18. The number of aromatic nitrogens is 4. The number of hydrogen-bond donors (Lipinski definition) is 0. The fourth-order valence-electron chi connectivity index (χ4n) is 3.13. The molecule has 1 fully saturated rings. The molecule has 1 aliphatic heterocycles. The zero-order valence-electron chi connectivity index (χ0n) is 16.1. The molecule has 0 saturated carbocycles. The van der Waals surface area contributed by atoms with Crippen LogP contribution in [0.1, 0.15) is 32.7 Å². The maximum Gasteiger partial charge on any atom is 0.303 e. The molecule has 0 spiro atoms. The Morgan fingerprint density at radius 3 is 2.38 bits per heavy atom. The van der Waals surface area contributed by atoms with Gasteiger partial charge in [-0.15, -0.1) is 0 Å². The molecular formula is C17H19ClN4O7. The third kappa shape index (κ3) is 4.46. The van der Waals surface area contributed by atoms with Crippen LogP contribution >= 0.6 is 11.6 Å². The van der Waals surface area contributed by atoms with Crippen molar-refractivity contribution in [2.45, 2.75) is 52.2 Å². The second-order valence-electron chi connectivity index (χ2n) is 6.42. The van der Waals surface area contributed by atoms with Crippen molar-refractivity contribution in [3.8, 4) is 0 Å². The van der Waals surface area contributed by atoms with Crippen molar-refractivity contribution in [2.75, 3.05) is 6.61 Å². The molecule has 11 nitrogen and oxygen atoms in total. The highest BCUT2D eigenvalue weighted by Crippen LogP contribution is 2.36. The Balaban J connectivity index is 2.04. The number of rotatable bonds is 5. The van der Waals surface area contributed by atoms with Crippen LogP contribution < -0.4 is 0 Å². The van der Waals surface area contributed by atoms with E-state index < -0.39 is 42.4 Å². The number of carbonyl (C=O) groups excluding carboxylic acids is 3. The number of ether oxygens (including phenoxy) is 4. The summed E-state index contributed by atoms with van der Waals surface area (Å²) < 4.78 is 23.2. The highest BCUT2D eigenvalue weighted by atomic mass is 35.5. The monoisotopic (exact) mass is 426 g/mol. The lowest BCUT2D eigenvalue weighted by Crippen LogP contribution is -2.40. The molecule has 0 aliphatic carbocycles. The molecule has 2 aromatic heterocycles. The molecule has 156 valence electrons. The number of esters is 3. The summed E-state index contributed by atoms with van der Waals surface area (Å²) in [5.74, 6) is -1.76. The minimum Gasteiger partial charge on any atom is -0.463 e. The summed E-state index contributed by atoms with van der Waals surface area (Å²) in [6.07, 6.45) is -2.46. The smallest absolute Gasteiger partial charge is 0.303 e. The van der Waals surface area contributed by atoms with E-state index in [-0.39, 0.29) is 11.9 Å². The number of hydrogen-bond acceptors (Lipinski definition) is 10. The Morgan fingerprint density at radius 2 is 1.76 bits per heavy atom. The van der Waals surface area contributed by atoms with Gasteiger partial charge >= 0.3 is 17.9 Å². The van der Waals surface area contributed by atoms with E-state index in [0.717, 1.165) is 0 Å².